The van der Waals surface area contributed by atoms with Crippen LogP contribution in [0.3, 0.4) is 0 Å². The van der Waals surface area contributed by atoms with Crippen molar-refractivity contribution < 1.29 is 4.79 Å². The molecule has 0 saturated heterocycles. The lowest BCUT2D eigenvalue weighted by Gasteiger charge is -2.12. The van der Waals surface area contributed by atoms with Gasteiger partial charge in [-0.2, -0.15) is 0 Å². The number of hydrogen-bond acceptors (Lipinski definition) is 1. The van der Waals surface area contributed by atoms with Gasteiger partial charge in [0.1, 0.15) is 5.78 Å². The van der Waals surface area contributed by atoms with Gasteiger partial charge >= 0.3 is 0 Å². The van der Waals surface area contributed by atoms with E-state index in [1.807, 2.05) is 0 Å². The summed E-state index contributed by atoms with van der Waals surface area (Å²) in [5, 5.41) is 0. The van der Waals surface area contributed by atoms with E-state index in [0.29, 0.717) is 6.42 Å². The van der Waals surface area contributed by atoms with Gasteiger partial charge in [0.2, 0.25) is 0 Å². The van der Waals surface area contributed by atoms with Crippen molar-refractivity contribution in [3.8, 4) is 0 Å². The smallest absolute Gasteiger partial charge is 0.134 e. The van der Waals surface area contributed by atoms with Crippen LogP contribution in [0.25, 0.3) is 5.57 Å². The van der Waals surface area contributed by atoms with Crippen LogP contribution >= 0.6 is 0 Å². The summed E-state index contributed by atoms with van der Waals surface area (Å²) in [6.45, 7) is 8.17. The van der Waals surface area contributed by atoms with E-state index in [9.17, 15) is 4.79 Å². The van der Waals surface area contributed by atoms with Crippen molar-refractivity contribution in [2.75, 3.05) is 0 Å². The first kappa shape index (κ1) is 14.7. The second-order valence-corrected chi connectivity index (χ2v) is 4.92. The van der Waals surface area contributed by atoms with E-state index in [4.69, 9.17) is 0 Å². The second kappa shape index (κ2) is 7.15. The SMILES string of the molecule is CC/C=C(/CCC)c1cc(CC(C)=O)ccc1C. The van der Waals surface area contributed by atoms with Gasteiger partial charge in [0.05, 0.1) is 0 Å². The summed E-state index contributed by atoms with van der Waals surface area (Å²) < 4.78 is 0. The van der Waals surface area contributed by atoms with Crippen LogP contribution in [-0.2, 0) is 11.2 Å². The standard InChI is InChI=1S/C17H24O/c1-5-7-16(8-6-2)17-12-15(11-14(4)18)10-9-13(17)3/h7,9-10,12H,5-6,8,11H2,1-4H3/b16-7-. The molecule has 0 amide bonds. The van der Waals surface area contributed by atoms with E-state index in [0.717, 1.165) is 24.8 Å². The third-order valence-corrected chi connectivity index (χ3v) is 3.07. The number of aryl methyl sites for hydroxylation is 1. The number of hydrogen-bond donors (Lipinski definition) is 0. The molecule has 18 heavy (non-hydrogen) atoms. The van der Waals surface area contributed by atoms with E-state index in [-0.39, 0.29) is 5.78 Å². The van der Waals surface area contributed by atoms with Crippen LogP contribution in [0.5, 0.6) is 0 Å². The van der Waals surface area contributed by atoms with E-state index in [1.165, 1.54) is 16.7 Å². The molecular weight excluding hydrogens is 220 g/mol. The Morgan fingerprint density at radius 1 is 1.28 bits per heavy atom. The molecule has 0 aliphatic rings. The molecular formula is C17H24O. The van der Waals surface area contributed by atoms with Crippen molar-refractivity contribution in [2.24, 2.45) is 0 Å². The monoisotopic (exact) mass is 244 g/mol. The molecule has 0 bridgehead atoms. The average molecular weight is 244 g/mol. The number of ketones is 1. The fourth-order valence-corrected chi connectivity index (χ4v) is 2.27. The Labute approximate surface area is 111 Å². The van der Waals surface area contributed by atoms with E-state index < -0.39 is 0 Å². The Kier molecular flexibility index (Phi) is 5.84. The molecule has 0 heterocycles. The van der Waals surface area contributed by atoms with Crippen LogP contribution in [-0.4, -0.2) is 5.78 Å². The van der Waals surface area contributed by atoms with Crippen LogP contribution < -0.4 is 0 Å². The van der Waals surface area contributed by atoms with Gasteiger partial charge in [-0.1, -0.05) is 44.5 Å². The lowest BCUT2D eigenvalue weighted by Crippen LogP contribution is -1.98. The van der Waals surface area contributed by atoms with Crippen molar-refractivity contribution in [1.29, 1.82) is 0 Å². The quantitative estimate of drug-likeness (QED) is 0.707. The molecule has 0 fully saturated rings. The molecule has 0 aliphatic heterocycles. The predicted molar refractivity (Wildman–Crippen MR) is 78.7 cm³/mol. The van der Waals surface area contributed by atoms with Crippen LogP contribution in [0.15, 0.2) is 24.3 Å². The Morgan fingerprint density at radius 3 is 2.56 bits per heavy atom. The van der Waals surface area contributed by atoms with Gasteiger partial charge in [-0.25, -0.2) is 0 Å². The highest BCUT2D eigenvalue weighted by atomic mass is 16.1. The first-order chi connectivity index (χ1) is 8.58. The fourth-order valence-electron chi connectivity index (χ4n) is 2.27. The van der Waals surface area contributed by atoms with Crippen molar-refractivity contribution in [3.05, 3.63) is 41.0 Å². The molecule has 0 aliphatic carbocycles. The average Bonchev–Trinajstić information content (AvgIpc) is 2.31. The number of Topliss-reactive ketones (excluding diaryl/α,β-unsaturated/α-hetero) is 1. The largest absolute Gasteiger partial charge is 0.300 e. The topological polar surface area (TPSA) is 17.1 Å². The normalized spacial score (nSPS) is 11.7. The molecule has 0 atom stereocenters. The summed E-state index contributed by atoms with van der Waals surface area (Å²) in [4.78, 5) is 11.2. The predicted octanol–water partition coefficient (Wildman–Crippen LogP) is 4.72. The maximum Gasteiger partial charge on any atom is 0.134 e. The molecule has 1 aromatic rings. The fraction of sp³-hybridized carbons (Fsp3) is 0.471. The van der Waals surface area contributed by atoms with Gasteiger partial charge in [-0.15, -0.1) is 0 Å². The molecule has 1 rings (SSSR count). The number of rotatable bonds is 6. The molecule has 0 N–H and O–H groups in total. The van der Waals surface area contributed by atoms with Gasteiger partial charge in [0, 0.05) is 6.42 Å². The minimum Gasteiger partial charge on any atom is -0.300 e. The van der Waals surface area contributed by atoms with Gasteiger partial charge in [-0.3, -0.25) is 4.79 Å². The molecule has 1 heteroatoms. The van der Waals surface area contributed by atoms with Crippen LogP contribution in [0, 0.1) is 6.92 Å². The lowest BCUT2D eigenvalue weighted by atomic mass is 9.93. The highest BCUT2D eigenvalue weighted by molar-refractivity contribution is 5.79. The van der Waals surface area contributed by atoms with Gasteiger partial charge in [-0.05, 0) is 49.0 Å². The van der Waals surface area contributed by atoms with E-state index in [1.54, 1.807) is 6.92 Å². The van der Waals surface area contributed by atoms with E-state index in [2.05, 4.69) is 45.0 Å². The van der Waals surface area contributed by atoms with Gasteiger partial charge in [0.15, 0.2) is 0 Å². The zero-order valence-electron chi connectivity index (χ0n) is 12.0. The maximum absolute atomic E-state index is 11.2. The minimum atomic E-state index is 0.223. The first-order valence-electron chi connectivity index (χ1n) is 6.86. The zero-order chi connectivity index (χ0) is 13.5. The summed E-state index contributed by atoms with van der Waals surface area (Å²) in [6, 6.07) is 6.39. The van der Waals surface area contributed by atoms with Crippen molar-refractivity contribution in [3.63, 3.8) is 0 Å². The first-order valence-corrected chi connectivity index (χ1v) is 6.86. The van der Waals surface area contributed by atoms with Crippen molar-refractivity contribution >= 4 is 11.4 Å². The van der Waals surface area contributed by atoms with Gasteiger partial charge in [0.25, 0.3) is 0 Å². The van der Waals surface area contributed by atoms with Crippen molar-refractivity contribution in [1.82, 2.24) is 0 Å². The number of benzene rings is 1. The third kappa shape index (κ3) is 4.14. The van der Waals surface area contributed by atoms with Crippen molar-refractivity contribution in [2.45, 2.75) is 53.4 Å². The lowest BCUT2D eigenvalue weighted by molar-refractivity contribution is -0.116. The minimum absolute atomic E-state index is 0.223. The number of carbonyl (C=O) groups is 1. The molecule has 1 nitrogen and oxygen atoms in total. The Morgan fingerprint density at radius 2 is 2.00 bits per heavy atom. The molecule has 98 valence electrons. The molecule has 1 aromatic carbocycles. The maximum atomic E-state index is 11.2. The molecule has 0 unspecified atom stereocenters. The molecule has 0 saturated carbocycles. The Bertz CT molecular complexity index is 441. The third-order valence-electron chi connectivity index (χ3n) is 3.07. The summed E-state index contributed by atoms with van der Waals surface area (Å²) in [5.74, 6) is 0.223. The number of carbonyl (C=O) groups excluding carboxylic acids is 1. The molecule has 0 radical (unpaired) electrons. The zero-order valence-corrected chi connectivity index (χ0v) is 12.0. The van der Waals surface area contributed by atoms with Gasteiger partial charge < -0.3 is 0 Å². The van der Waals surface area contributed by atoms with E-state index >= 15 is 0 Å². The Balaban J connectivity index is 3.11. The highest BCUT2D eigenvalue weighted by Crippen LogP contribution is 2.25. The summed E-state index contributed by atoms with van der Waals surface area (Å²) in [5.41, 5.74) is 5.16. The van der Waals surface area contributed by atoms with Crippen LogP contribution in [0.4, 0.5) is 0 Å². The Hall–Kier alpha value is -1.37. The summed E-state index contributed by atoms with van der Waals surface area (Å²) in [6.07, 6.45) is 6.17. The molecule has 0 aromatic heterocycles. The highest BCUT2D eigenvalue weighted by Gasteiger charge is 2.06. The summed E-state index contributed by atoms with van der Waals surface area (Å²) in [7, 11) is 0. The summed E-state index contributed by atoms with van der Waals surface area (Å²) >= 11 is 0. The van der Waals surface area contributed by atoms with Crippen LogP contribution in [0.1, 0.15) is 56.7 Å². The van der Waals surface area contributed by atoms with Crippen LogP contribution in [0.2, 0.25) is 0 Å². The number of allylic oxidation sites excluding steroid dienone is 2. The second-order valence-electron chi connectivity index (χ2n) is 4.92. The molecule has 0 spiro atoms.